The Labute approximate surface area is 109 Å². The van der Waals surface area contributed by atoms with Crippen LogP contribution in [0.3, 0.4) is 0 Å². The van der Waals surface area contributed by atoms with E-state index in [0.29, 0.717) is 18.2 Å². The van der Waals surface area contributed by atoms with Gasteiger partial charge in [0.05, 0.1) is 5.69 Å². The summed E-state index contributed by atoms with van der Waals surface area (Å²) in [6.07, 6.45) is 0. The molecule has 0 radical (unpaired) electrons. The Morgan fingerprint density at radius 1 is 1.35 bits per heavy atom. The summed E-state index contributed by atoms with van der Waals surface area (Å²) in [5.41, 5.74) is 6.60. The van der Waals surface area contributed by atoms with Crippen LogP contribution in [0.25, 0.3) is 0 Å². The lowest BCUT2D eigenvalue weighted by Gasteiger charge is -2.03. The Morgan fingerprint density at radius 2 is 2.06 bits per heavy atom. The van der Waals surface area contributed by atoms with Gasteiger partial charge in [-0.3, -0.25) is 0 Å². The van der Waals surface area contributed by atoms with Crippen molar-refractivity contribution in [1.82, 2.24) is 4.98 Å². The van der Waals surface area contributed by atoms with Gasteiger partial charge in [0, 0.05) is 16.4 Å². The maximum atomic E-state index is 5.79. The lowest BCUT2D eigenvalue weighted by atomic mass is 10.3. The fraction of sp³-hybridized carbons (Fsp3) is 0.250. The van der Waals surface area contributed by atoms with Crippen LogP contribution < -0.4 is 10.5 Å². The second-order valence-electron chi connectivity index (χ2n) is 3.56. The number of rotatable bonds is 4. The minimum atomic E-state index is 0.465. The summed E-state index contributed by atoms with van der Waals surface area (Å²) in [6, 6.07) is 7.28. The van der Waals surface area contributed by atoms with Crippen LogP contribution in [-0.4, -0.2) is 4.98 Å². The summed E-state index contributed by atoms with van der Waals surface area (Å²) < 4.78 is 5.61. The van der Waals surface area contributed by atoms with Gasteiger partial charge in [-0.1, -0.05) is 11.6 Å². The van der Waals surface area contributed by atoms with Crippen LogP contribution >= 0.6 is 22.9 Å². The van der Waals surface area contributed by atoms with Crippen LogP contribution in [0.5, 0.6) is 5.75 Å². The van der Waals surface area contributed by atoms with Gasteiger partial charge in [0.1, 0.15) is 17.4 Å². The van der Waals surface area contributed by atoms with E-state index >= 15 is 0 Å². The Bertz CT molecular complexity index is 496. The third kappa shape index (κ3) is 3.19. The lowest BCUT2D eigenvalue weighted by molar-refractivity contribution is 0.305. The highest BCUT2D eigenvalue weighted by Gasteiger charge is 2.06. The predicted molar refractivity (Wildman–Crippen MR) is 70.5 cm³/mol. The van der Waals surface area contributed by atoms with E-state index < -0.39 is 0 Å². The van der Waals surface area contributed by atoms with Crippen molar-refractivity contribution in [3.8, 4) is 5.75 Å². The maximum Gasteiger partial charge on any atom is 0.140 e. The molecule has 0 unspecified atom stereocenters. The number of thiazole rings is 1. The summed E-state index contributed by atoms with van der Waals surface area (Å²) in [5.74, 6) is 0.788. The largest absolute Gasteiger partial charge is 0.486 e. The lowest BCUT2D eigenvalue weighted by Crippen LogP contribution is -1.94. The second kappa shape index (κ2) is 5.49. The molecule has 0 saturated carbocycles. The van der Waals surface area contributed by atoms with E-state index in [1.54, 1.807) is 23.5 Å². The molecule has 1 aromatic carbocycles. The quantitative estimate of drug-likeness (QED) is 0.927. The number of nitrogens with two attached hydrogens (primary N) is 1. The monoisotopic (exact) mass is 268 g/mol. The summed E-state index contributed by atoms with van der Waals surface area (Å²) in [4.78, 5) is 5.51. The average Bonchev–Trinajstić information content (AvgIpc) is 2.69. The minimum Gasteiger partial charge on any atom is -0.486 e. The van der Waals surface area contributed by atoms with E-state index in [1.807, 2.05) is 19.1 Å². The zero-order chi connectivity index (χ0) is 12.3. The van der Waals surface area contributed by atoms with Gasteiger partial charge in [0.25, 0.3) is 0 Å². The van der Waals surface area contributed by atoms with E-state index in [-0.39, 0.29) is 0 Å². The molecule has 0 fully saturated rings. The predicted octanol–water partition coefficient (Wildman–Crippen LogP) is 3.14. The van der Waals surface area contributed by atoms with Crippen molar-refractivity contribution in [1.29, 1.82) is 0 Å². The highest BCUT2D eigenvalue weighted by molar-refractivity contribution is 7.11. The fourth-order valence-electron chi connectivity index (χ4n) is 1.42. The number of benzene rings is 1. The molecule has 0 bridgehead atoms. The normalized spacial score (nSPS) is 10.5. The van der Waals surface area contributed by atoms with Crippen molar-refractivity contribution in [2.75, 3.05) is 0 Å². The summed E-state index contributed by atoms with van der Waals surface area (Å²) in [5, 5.41) is 1.64. The standard InChI is InChI=1S/C12H13ClN2OS/c1-8-11(6-14)17-12(15-8)7-16-10-4-2-9(13)3-5-10/h2-5H,6-7,14H2,1H3. The van der Waals surface area contributed by atoms with Crippen molar-refractivity contribution >= 4 is 22.9 Å². The van der Waals surface area contributed by atoms with E-state index in [9.17, 15) is 0 Å². The summed E-state index contributed by atoms with van der Waals surface area (Å²) in [7, 11) is 0. The fourth-order valence-corrected chi connectivity index (χ4v) is 2.40. The highest BCUT2D eigenvalue weighted by atomic mass is 35.5. The van der Waals surface area contributed by atoms with Gasteiger partial charge in [-0.15, -0.1) is 11.3 Å². The van der Waals surface area contributed by atoms with Gasteiger partial charge in [0.2, 0.25) is 0 Å². The maximum absolute atomic E-state index is 5.79. The first-order chi connectivity index (χ1) is 8.19. The number of aryl methyl sites for hydroxylation is 1. The minimum absolute atomic E-state index is 0.465. The first kappa shape index (κ1) is 12.4. The number of halogens is 1. The number of ether oxygens (including phenoxy) is 1. The number of nitrogens with zero attached hydrogens (tertiary/aromatic N) is 1. The number of hydrogen-bond acceptors (Lipinski definition) is 4. The molecule has 17 heavy (non-hydrogen) atoms. The van der Waals surface area contributed by atoms with Crippen LogP contribution in [-0.2, 0) is 13.2 Å². The van der Waals surface area contributed by atoms with Crippen molar-refractivity contribution in [2.24, 2.45) is 5.73 Å². The van der Waals surface area contributed by atoms with Crippen LogP contribution in [0.2, 0.25) is 5.02 Å². The average molecular weight is 269 g/mol. The Balaban J connectivity index is 1.99. The van der Waals surface area contributed by atoms with Crippen LogP contribution in [0, 0.1) is 6.92 Å². The SMILES string of the molecule is Cc1nc(COc2ccc(Cl)cc2)sc1CN. The first-order valence-electron chi connectivity index (χ1n) is 5.22. The van der Waals surface area contributed by atoms with E-state index in [4.69, 9.17) is 22.1 Å². The molecule has 90 valence electrons. The first-order valence-corrected chi connectivity index (χ1v) is 6.42. The molecule has 1 heterocycles. The van der Waals surface area contributed by atoms with Crippen LogP contribution in [0.1, 0.15) is 15.6 Å². The summed E-state index contributed by atoms with van der Waals surface area (Å²) >= 11 is 7.39. The molecule has 2 N–H and O–H groups in total. The Hall–Kier alpha value is -1.10. The molecule has 0 aliphatic heterocycles. The molecule has 2 rings (SSSR count). The second-order valence-corrected chi connectivity index (χ2v) is 5.17. The highest BCUT2D eigenvalue weighted by Crippen LogP contribution is 2.20. The van der Waals surface area contributed by atoms with Crippen LogP contribution in [0.4, 0.5) is 0 Å². The molecule has 3 nitrogen and oxygen atoms in total. The molecular weight excluding hydrogens is 256 g/mol. The van der Waals surface area contributed by atoms with Gasteiger partial charge in [-0.25, -0.2) is 4.98 Å². The van der Waals surface area contributed by atoms with Crippen molar-refractivity contribution in [2.45, 2.75) is 20.1 Å². The smallest absolute Gasteiger partial charge is 0.140 e. The zero-order valence-electron chi connectivity index (χ0n) is 9.44. The molecule has 2 aromatic rings. The van der Waals surface area contributed by atoms with Gasteiger partial charge < -0.3 is 10.5 Å². The summed E-state index contributed by atoms with van der Waals surface area (Å²) in [6.45, 7) is 2.96. The molecular formula is C12H13ClN2OS. The van der Waals surface area contributed by atoms with Crippen LogP contribution in [0.15, 0.2) is 24.3 Å². The number of aromatic nitrogens is 1. The molecule has 0 amide bonds. The van der Waals surface area contributed by atoms with Gasteiger partial charge in [-0.2, -0.15) is 0 Å². The molecule has 0 aliphatic carbocycles. The van der Waals surface area contributed by atoms with Gasteiger partial charge in [-0.05, 0) is 31.2 Å². The topological polar surface area (TPSA) is 48.1 Å². The van der Waals surface area contributed by atoms with E-state index in [2.05, 4.69) is 4.98 Å². The molecule has 0 saturated heterocycles. The molecule has 1 aromatic heterocycles. The third-order valence-electron chi connectivity index (χ3n) is 2.30. The van der Waals surface area contributed by atoms with Crippen molar-refractivity contribution in [3.05, 3.63) is 44.9 Å². The third-order valence-corrected chi connectivity index (χ3v) is 3.70. The van der Waals surface area contributed by atoms with E-state index in [1.165, 1.54) is 0 Å². The molecule has 0 aliphatic rings. The van der Waals surface area contributed by atoms with Crippen molar-refractivity contribution < 1.29 is 4.74 Å². The van der Waals surface area contributed by atoms with Gasteiger partial charge in [0.15, 0.2) is 0 Å². The molecule has 5 heteroatoms. The number of hydrogen-bond donors (Lipinski definition) is 1. The molecule has 0 atom stereocenters. The molecule has 0 spiro atoms. The van der Waals surface area contributed by atoms with Crippen molar-refractivity contribution in [3.63, 3.8) is 0 Å². The van der Waals surface area contributed by atoms with Gasteiger partial charge >= 0.3 is 0 Å². The Kier molecular flexibility index (Phi) is 3.99. The zero-order valence-corrected chi connectivity index (χ0v) is 11.0. The Morgan fingerprint density at radius 3 is 2.65 bits per heavy atom. The van der Waals surface area contributed by atoms with E-state index in [0.717, 1.165) is 21.3 Å².